The number of rotatable bonds is 4. The molecule has 0 saturated carbocycles. The van der Waals surface area contributed by atoms with E-state index in [9.17, 15) is 0 Å². The number of hydrogen-bond donors (Lipinski definition) is 1. The molecular weight excluding hydrogens is 182 g/mol. The van der Waals surface area contributed by atoms with Gasteiger partial charge in [0.2, 0.25) is 0 Å². The van der Waals surface area contributed by atoms with Crippen molar-refractivity contribution in [3.63, 3.8) is 0 Å². The highest BCUT2D eigenvalue weighted by atomic mass is 15.0. The molecule has 1 fully saturated rings. The number of hydrogen-bond acceptors (Lipinski definition) is 1. The molecular formula is C14H21N. The van der Waals surface area contributed by atoms with Crippen LogP contribution in [-0.4, -0.2) is 12.1 Å². The third-order valence-electron chi connectivity index (χ3n) is 3.49. The van der Waals surface area contributed by atoms with Gasteiger partial charge in [-0.1, -0.05) is 30.3 Å². The molecule has 0 aromatic heterocycles. The third-order valence-corrected chi connectivity index (χ3v) is 3.49. The Hall–Kier alpha value is -0.820. The first-order valence-corrected chi connectivity index (χ1v) is 6.07. The summed E-state index contributed by atoms with van der Waals surface area (Å²) in [5.41, 5.74) is 1.90. The van der Waals surface area contributed by atoms with E-state index in [0.29, 0.717) is 5.54 Å². The summed E-state index contributed by atoms with van der Waals surface area (Å²) >= 11 is 0. The molecule has 15 heavy (non-hydrogen) atoms. The molecule has 1 N–H and O–H groups in total. The Balaban J connectivity index is 1.75. The molecule has 1 atom stereocenters. The smallest absolute Gasteiger partial charge is 0.0153 e. The largest absolute Gasteiger partial charge is 0.312 e. The van der Waals surface area contributed by atoms with Gasteiger partial charge in [-0.2, -0.15) is 0 Å². The van der Waals surface area contributed by atoms with Gasteiger partial charge in [-0.3, -0.25) is 0 Å². The van der Waals surface area contributed by atoms with E-state index in [1.54, 1.807) is 0 Å². The Kier molecular flexibility index (Phi) is 3.42. The van der Waals surface area contributed by atoms with Crippen LogP contribution in [0.1, 0.15) is 38.2 Å². The van der Waals surface area contributed by atoms with Crippen LogP contribution in [0.4, 0.5) is 0 Å². The van der Waals surface area contributed by atoms with Crippen molar-refractivity contribution in [3.8, 4) is 0 Å². The molecule has 0 amide bonds. The topological polar surface area (TPSA) is 12.0 Å². The summed E-state index contributed by atoms with van der Waals surface area (Å²) in [5.74, 6) is 0. The Bertz CT molecular complexity index is 285. The van der Waals surface area contributed by atoms with Gasteiger partial charge in [0, 0.05) is 5.54 Å². The van der Waals surface area contributed by atoms with Crippen molar-refractivity contribution < 1.29 is 0 Å². The van der Waals surface area contributed by atoms with Crippen molar-refractivity contribution >= 4 is 0 Å². The predicted molar refractivity (Wildman–Crippen MR) is 65.0 cm³/mol. The first-order valence-electron chi connectivity index (χ1n) is 6.07. The zero-order valence-electron chi connectivity index (χ0n) is 9.63. The van der Waals surface area contributed by atoms with Crippen LogP contribution >= 0.6 is 0 Å². The Labute approximate surface area is 92.9 Å². The van der Waals surface area contributed by atoms with Crippen LogP contribution in [0.2, 0.25) is 0 Å². The average Bonchev–Trinajstić information content (AvgIpc) is 2.67. The summed E-state index contributed by atoms with van der Waals surface area (Å²) in [6.45, 7) is 3.58. The Morgan fingerprint density at radius 2 is 2.07 bits per heavy atom. The summed E-state index contributed by atoms with van der Waals surface area (Å²) in [7, 11) is 0. The van der Waals surface area contributed by atoms with Crippen molar-refractivity contribution in [3.05, 3.63) is 35.9 Å². The number of benzene rings is 1. The van der Waals surface area contributed by atoms with E-state index in [-0.39, 0.29) is 0 Å². The molecule has 1 heterocycles. The highest BCUT2D eigenvalue weighted by Gasteiger charge is 2.26. The van der Waals surface area contributed by atoms with Crippen molar-refractivity contribution in [1.82, 2.24) is 5.32 Å². The molecule has 0 aliphatic carbocycles. The lowest BCUT2D eigenvalue weighted by Crippen LogP contribution is -2.35. The summed E-state index contributed by atoms with van der Waals surface area (Å²) < 4.78 is 0. The molecule has 2 rings (SSSR count). The maximum absolute atomic E-state index is 3.62. The standard InChI is InChI=1S/C14H21N/c1-14(11-6-12-15-14)10-5-9-13-7-3-2-4-8-13/h2-4,7-8,15H,5-6,9-12H2,1H3/t14-/m0/s1. The normalized spacial score (nSPS) is 25.7. The minimum absolute atomic E-state index is 0.425. The molecule has 1 nitrogen and oxygen atoms in total. The highest BCUT2D eigenvalue weighted by Crippen LogP contribution is 2.24. The number of aryl methyl sites for hydroxylation is 1. The summed E-state index contributed by atoms with van der Waals surface area (Å²) in [6.07, 6.45) is 6.52. The highest BCUT2D eigenvalue weighted by molar-refractivity contribution is 5.14. The Morgan fingerprint density at radius 1 is 1.27 bits per heavy atom. The second kappa shape index (κ2) is 4.80. The molecule has 0 bridgehead atoms. The molecule has 0 spiro atoms. The fraction of sp³-hybridized carbons (Fsp3) is 0.571. The van der Waals surface area contributed by atoms with E-state index in [1.165, 1.54) is 44.2 Å². The first-order chi connectivity index (χ1) is 7.29. The SMILES string of the molecule is C[C@]1(CCCc2ccccc2)CCCN1. The van der Waals surface area contributed by atoms with E-state index in [4.69, 9.17) is 0 Å². The average molecular weight is 203 g/mol. The van der Waals surface area contributed by atoms with Gasteiger partial charge in [-0.25, -0.2) is 0 Å². The monoisotopic (exact) mass is 203 g/mol. The lowest BCUT2D eigenvalue weighted by Gasteiger charge is -2.24. The van der Waals surface area contributed by atoms with Gasteiger partial charge in [-0.05, 0) is 51.1 Å². The van der Waals surface area contributed by atoms with Gasteiger partial charge in [0.05, 0.1) is 0 Å². The zero-order valence-corrected chi connectivity index (χ0v) is 9.63. The van der Waals surface area contributed by atoms with Crippen LogP contribution < -0.4 is 5.32 Å². The van der Waals surface area contributed by atoms with Gasteiger partial charge >= 0.3 is 0 Å². The fourth-order valence-electron chi connectivity index (χ4n) is 2.50. The minimum atomic E-state index is 0.425. The lowest BCUT2D eigenvalue weighted by molar-refractivity contribution is 0.373. The summed E-state index contributed by atoms with van der Waals surface area (Å²) in [6, 6.07) is 10.8. The van der Waals surface area contributed by atoms with Crippen LogP contribution in [0.3, 0.4) is 0 Å². The molecule has 1 saturated heterocycles. The zero-order chi connectivity index (χ0) is 10.6. The molecule has 1 aliphatic rings. The van der Waals surface area contributed by atoms with Crippen molar-refractivity contribution in [2.75, 3.05) is 6.54 Å². The van der Waals surface area contributed by atoms with Crippen molar-refractivity contribution in [2.45, 2.75) is 44.6 Å². The first kappa shape index (κ1) is 10.7. The molecule has 1 aromatic rings. The third kappa shape index (κ3) is 3.07. The molecule has 82 valence electrons. The van der Waals surface area contributed by atoms with Gasteiger partial charge < -0.3 is 5.32 Å². The van der Waals surface area contributed by atoms with Crippen LogP contribution in [0.25, 0.3) is 0 Å². The van der Waals surface area contributed by atoms with E-state index in [1.807, 2.05) is 0 Å². The van der Waals surface area contributed by atoms with E-state index >= 15 is 0 Å². The molecule has 1 aromatic carbocycles. The quantitative estimate of drug-likeness (QED) is 0.792. The number of nitrogens with one attached hydrogen (secondary N) is 1. The van der Waals surface area contributed by atoms with Crippen LogP contribution in [0, 0.1) is 0 Å². The van der Waals surface area contributed by atoms with Crippen LogP contribution in [0.15, 0.2) is 30.3 Å². The molecule has 0 unspecified atom stereocenters. The molecule has 1 heteroatoms. The van der Waals surface area contributed by atoms with Gasteiger partial charge in [0.1, 0.15) is 0 Å². The van der Waals surface area contributed by atoms with Gasteiger partial charge in [0.25, 0.3) is 0 Å². The molecule has 1 aliphatic heterocycles. The second-order valence-corrected chi connectivity index (χ2v) is 4.93. The maximum Gasteiger partial charge on any atom is 0.0153 e. The Morgan fingerprint density at radius 3 is 2.73 bits per heavy atom. The predicted octanol–water partition coefficient (Wildman–Crippen LogP) is 3.15. The van der Waals surface area contributed by atoms with E-state index in [0.717, 1.165) is 0 Å². The fourth-order valence-corrected chi connectivity index (χ4v) is 2.50. The van der Waals surface area contributed by atoms with Crippen LogP contribution in [-0.2, 0) is 6.42 Å². The molecule has 0 radical (unpaired) electrons. The maximum atomic E-state index is 3.62. The summed E-state index contributed by atoms with van der Waals surface area (Å²) in [5, 5.41) is 3.62. The lowest BCUT2D eigenvalue weighted by atomic mass is 9.92. The van der Waals surface area contributed by atoms with Gasteiger partial charge in [0.15, 0.2) is 0 Å². The van der Waals surface area contributed by atoms with Crippen molar-refractivity contribution in [1.29, 1.82) is 0 Å². The van der Waals surface area contributed by atoms with Crippen molar-refractivity contribution in [2.24, 2.45) is 0 Å². The second-order valence-electron chi connectivity index (χ2n) is 4.93. The van der Waals surface area contributed by atoms with E-state index in [2.05, 4.69) is 42.6 Å². The minimum Gasteiger partial charge on any atom is -0.312 e. The van der Waals surface area contributed by atoms with Crippen LogP contribution in [0.5, 0.6) is 0 Å². The summed E-state index contributed by atoms with van der Waals surface area (Å²) in [4.78, 5) is 0. The van der Waals surface area contributed by atoms with Gasteiger partial charge in [-0.15, -0.1) is 0 Å². The van der Waals surface area contributed by atoms with E-state index < -0.39 is 0 Å².